The topological polar surface area (TPSA) is 41.1 Å². The Kier molecular flexibility index (Phi) is 6.36. The third-order valence-corrected chi connectivity index (χ3v) is 4.10. The molecule has 0 aromatic heterocycles. The molecule has 0 aliphatic rings. The van der Waals surface area contributed by atoms with Gasteiger partial charge >= 0.3 is 0 Å². The lowest BCUT2D eigenvalue weighted by molar-refractivity contribution is -0.118. The number of aryl methyl sites for hydroxylation is 1. The molecule has 2 rings (SSSR count). The molecule has 0 fully saturated rings. The Morgan fingerprint density at radius 2 is 1.57 bits per heavy atom. The van der Waals surface area contributed by atoms with Crippen molar-refractivity contribution in [2.75, 3.05) is 5.32 Å². The number of anilines is 1. The number of benzene rings is 2. The molecule has 0 bridgehead atoms. The highest BCUT2D eigenvalue weighted by Crippen LogP contribution is 2.18. The molecule has 3 nitrogen and oxygen atoms in total. The second-order valence-corrected chi connectivity index (χ2v) is 5.88. The van der Waals surface area contributed by atoms with Gasteiger partial charge in [0.05, 0.1) is 0 Å². The van der Waals surface area contributed by atoms with Crippen molar-refractivity contribution in [1.29, 1.82) is 0 Å². The monoisotopic (exact) mass is 310 g/mol. The third kappa shape index (κ3) is 4.93. The lowest BCUT2D eigenvalue weighted by atomic mass is 10.0. The lowest BCUT2D eigenvalue weighted by Gasteiger charge is -2.24. The molecule has 3 heteroatoms. The van der Waals surface area contributed by atoms with E-state index < -0.39 is 0 Å². The number of hydrogen-bond donors (Lipinski definition) is 2. The predicted octanol–water partition coefficient (Wildman–Crippen LogP) is 4.45. The summed E-state index contributed by atoms with van der Waals surface area (Å²) in [6, 6.07) is 17.7. The van der Waals surface area contributed by atoms with Gasteiger partial charge in [-0.2, -0.15) is 0 Å². The van der Waals surface area contributed by atoms with Gasteiger partial charge in [-0.05, 0) is 37.5 Å². The summed E-state index contributed by atoms with van der Waals surface area (Å²) in [6.07, 6.45) is 2.00. The lowest BCUT2D eigenvalue weighted by Crippen LogP contribution is -2.39. The van der Waals surface area contributed by atoms with Crippen LogP contribution in [0.3, 0.4) is 0 Å². The molecule has 0 radical (unpaired) electrons. The van der Waals surface area contributed by atoms with E-state index in [4.69, 9.17) is 0 Å². The van der Waals surface area contributed by atoms with E-state index in [0.717, 1.165) is 24.1 Å². The van der Waals surface area contributed by atoms with Gasteiger partial charge in [0.25, 0.3) is 0 Å². The molecule has 2 aromatic rings. The molecule has 0 spiro atoms. The molecule has 1 amide bonds. The SMILES string of the molecule is CCC(CC)NC(C(=O)Nc1ccc(C)cc1)c1ccccc1. The average molecular weight is 310 g/mol. The minimum Gasteiger partial charge on any atom is -0.324 e. The molecule has 1 unspecified atom stereocenters. The van der Waals surface area contributed by atoms with Gasteiger partial charge in [-0.25, -0.2) is 0 Å². The number of carbonyl (C=O) groups excluding carboxylic acids is 1. The quantitative estimate of drug-likeness (QED) is 0.793. The van der Waals surface area contributed by atoms with Crippen molar-refractivity contribution in [3.05, 3.63) is 65.7 Å². The second-order valence-electron chi connectivity index (χ2n) is 5.88. The van der Waals surface area contributed by atoms with Gasteiger partial charge in [-0.3, -0.25) is 10.1 Å². The first-order valence-electron chi connectivity index (χ1n) is 8.32. The highest BCUT2D eigenvalue weighted by atomic mass is 16.2. The number of rotatable bonds is 7. The summed E-state index contributed by atoms with van der Waals surface area (Å²) >= 11 is 0. The fourth-order valence-corrected chi connectivity index (χ4v) is 2.58. The molecular weight excluding hydrogens is 284 g/mol. The van der Waals surface area contributed by atoms with Crippen molar-refractivity contribution in [2.45, 2.75) is 45.7 Å². The predicted molar refractivity (Wildman–Crippen MR) is 96.5 cm³/mol. The van der Waals surface area contributed by atoms with Crippen LogP contribution in [0.1, 0.15) is 43.9 Å². The van der Waals surface area contributed by atoms with Crippen molar-refractivity contribution >= 4 is 11.6 Å². The Morgan fingerprint density at radius 3 is 2.13 bits per heavy atom. The van der Waals surface area contributed by atoms with Crippen LogP contribution < -0.4 is 10.6 Å². The summed E-state index contributed by atoms with van der Waals surface area (Å²) in [6.45, 7) is 6.31. The second kappa shape index (κ2) is 8.49. The number of carbonyl (C=O) groups is 1. The minimum atomic E-state index is -0.345. The van der Waals surface area contributed by atoms with Crippen LogP contribution in [0, 0.1) is 6.92 Å². The Hall–Kier alpha value is -2.13. The summed E-state index contributed by atoms with van der Waals surface area (Å²) in [5, 5.41) is 6.51. The van der Waals surface area contributed by atoms with Gasteiger partial charge < -0.3 is 5.32 Å². The Bertz CT molecular complexity index is 603. The zero-order valence-electron chi connectivity index (χ0n) is 14.2. The number of amides is 1. The zero-order valence-corrected chi connectivity index (χ0v) is 14.2. The largest absolute Gasteiger partial charge is 0.324 e. The van der Waals surface area contributed by atoms with E-state index in [1.807, 2.05) is 61.5 Å². The van der Waals surface area contributed by atoms with Crippen molar-refractivity contribution in [3.63, 3.8) is 0 Å². The standard InChI is InChI=1S/C20H26N2O/c1-4-17(5-2)21-19(16-9-7-6-8-10-16)20(23)22-18-13-11-15(3)12-14-18/h6-14,17,19,21H,4-5H2,1-3H3,(H,22,23). The Labute approximate surface area is 139 Å². The highest BCUT2D eigenvalue weighted by molar-refractivity contribution is 5.95. The average Bonchev–Trinajstić information content (AvgIpc) is 2.59. The fraction of sp³-hybridized carbons (Fsp3) is 0.350. The first-order valence-corrected chi connectivity index (χ1v) is 8.32. The van der Waals surface area contributed by atoms with Crippen LogP contribution in [-0.2, 0) is 4.79 Å². The Morgan fingerprint density at radius 1 is 0.957 bits per heavy atom. The van der Waals surface area contributed by atoms with E-state index >= 15 is 0 Å². The van der Waals surface area contributed by atoms with Gasteiger partial charge in [0.2, 0.25) is 5.91 Å². The summed E-state index contributed by atoms with van der Waals surface area (Å²) in [4.78, 5) is 12.8. The summed E-state index contributed by atoms with van der Waals surface area (Å²) < 4.78 is 0. The van der Waals surface area contributed by atoms with Crippen LogP contribution in [0.15, 0.2) is 54.6 Å². The van der Waals surface area contributed by atoms with Gasteiger partial charge in [-0.1, -0.05) is 61.9 Å². The molecule has 1 atom stereocenters. The van der Waals surface area contributed by atoms with Crippen LogP contribution in [0.4, 0.5) is 5.69 Å². The van der Waals surface area contributed by atoms with E-state index in [1.165, 1.54) is 5.56 Å². The summed E-state index contributed by atoms with van der Waals surface area (Å²) in [5.41, 5.74) is 3.00. The minimum absolute atomic E-state index is 0.0213. The van der Waals surface area contributed by atoms with E-state index in [-0.39, 0.29) is 11.9 Å². The van der Waals surface area contributed by atoms with Crippen molar-refractivity contribution in [1.82, 2.24) is 5.32 Å². The maximum atomic E-state index is 12.8. The first kappa shape index (κ1) is 17.2. The highest BCUT2D eigenvalue weighted by Gasteiger charge is 2.22. The maximum absolute atomic E-state index is 12.8. The molecule has 0 saturated heterocycles. The fourth-order valence-electron chi connectivity index (χ4n) is 2.58. The van der Waals surface area contributed by atoms with Crippen molar-refractivity contribution in [2.24, 2.45) is 0 Å². The van der Waals surface area contributed by atoms with E-state index in [1.54, 1.807) is 0 Å². The number of nitrogens with one attached hydrogen (secondary N) is 2. The maximum Gasteiger partial charge on any atom is 0.246 e. The zero-order chi connectivity index (χ0) is 16.7. The smallest absolute Gasteiger partial charge is 0.246 e. The molecule has 0 aliphatic heterocycles. The van der Waals surface area contributed by atoms with Crippen LogP contribution >= 0.6 is 0 Å². The van der Waals surface area contributed by atoms with Crippen molar-refractivity contribution in [3.8, 4) is 0 Å². The Balaban J connectivity index is 2.18. The third-order valence-electron chi connectivity index (χ3n) is 4.10. The molecule has 2 aromatic carbocycles. The molecule has 23 heavy (non-hydrogen) atoms. The van der Waals surface area contributed by atoms with Crippen LogP contribution in [0.2, 0.25) is 0 Å². The van der Waals surface area contributed by atoms with Gasteiger partial charge in [-0.15, -0.1) is 0 Å². The molecule has 0 heterocycles. The summed E-state index contributed by atoms with van der Waals surface area (Å²) in [5.74, 6) is -0.0213. The van der Waals surface area contributed by atoms with Crippen LogP contribution in [0.25, 0.3) is 0 Å². The van der Waals surface area contributed by atoms with Gasteiger partial charge in [0.15, 0.2) is 0 Å². The van der Waals surface area contributed by atoms with Gasteiger partial charge in [0.1, 0.15) is 6.04 Å². The van der Waals surface area contributed by atoms with Crippen molar-refractivity contribution < 1.29 is 4.79 Å². The summed E-state index contributed by atoms with van der Waals surface area (Å²) in [7, 11) is 0. The molecular formula is C20H26N2O. The van der Waals surface area contributed by atoms with Crippen LogP contribution in [-0.4, -0.2) is 11.9 Å². The molecule has 122 valence electrons. The van der Waals surface area contributed by atoms with Gasteiger partial charge in [0, 0.05) is 11.7 Å². The van der Waals surface area contributed by atoms with E-state index in [0.29, 0.717) is 6.04 Å². The van der Waals surface area contributed by atoms with E-state index in [9.17, 15) is 4.79 Å². The first-order chi connectivity index (χ1) is 11.1. The van der Waals surface area contributed by atoms with Crippen LogP contribution in [0.5, 0.6) is 0 Å². The molecule has 2 N–H and O–H groups in total. The molecule has 0 saturated carbocycles. The number of hydrogen-bond acceptors (Lipinski definition) is 2. The molecule has 0 aliphatic carbocycles. The van der Waals surface area contributed by atoms with E-state index in [2.05, 4.69) is 24.5 Å². The normalized spacial score (nSPS) is 12.2.